The first-order chi connectivity index (χ1) is 17.7. The Morgan fingerprint density at radius 2 is 1.89 bits per heavy atom. The van der Waals surface area contributed by atoms with E-state index in [9.17, 15) is 9.59 Å². The topological polar surface area (TPSA) is 67.7 Å². The molecule has 1 aromatic heterocycles. The van der Waals surface area contributed by atoms with Gasteiger partial charge in [0.25, 0.3) is 0 Å². The minimum absolute atomic E-state index is 0.00289. The number of likely N-dealkylation sites (tertiary alicyclic amines) is 1. The Balaban J connectivity index is 1.50. The number of ether oxygens (including phenoxy) is 1. The van der Waals surface area contributed by atoms with E-state index in [0.29, 0.717) is 43.4 Å². The van der Waals surface area contributed by atoms with Crippen molar-refractivity contribution in [3.05, 3.63) is 82.6 Å². The number of aryl methyl sites for hydroxylation is 2. The summed E-state index contributed by atoms with van der Waals surface area (Å²) >= 11 is 6.16. The van der Waals surface area contributed by atoms with Crippen molar-refractivity contribution in [2.75, 3.05) is 26.7 Å². The van der Waals surface area contributed by atoms with Crippen molar-refractivity contribution in [2.45, 2.75) is 46.2 Å². The maximum Gasteiger partial charge on any atom is 0.244 e. The van der Waals surface area contributed by atoms with Gasteiger partial charge in [-0.05, 0) is 56.5 Å². The summed E-state index contributed by atoms with van der Waals surface area (Å²) in [6.07, 6.45) is 1.89. The van der Waals surface area contributed by atoms with E-state index in [2.05, 4.69) is 5.10 Å². The number of hydrogen-bond acceptors (Lipinski definition) is 4. The fraction of sp³-hybridized carbons (Fsp3) is 0.414. The van der Waals surface area contributed by atoms with Crippen LogP contribution in [0.5, 0.6) is 5.75 Å². The van der Waals surface area contributed by atoms with Gasteiger partial charge in [-0.25, -0.2) is 0 Å². The Bertz CT molecular complexity index is 1230. The zero-order valence-electron chi connectivity index (χ0n) is 21.8. The summed E-state index contributed by atoms with van der Waals surface area (Å²) in [4.78, 5) is 30.4. The van der Waals surface area contributed by atoms with Crippen molar-refractivity contribution in [3.63, 3.8) is 0 Å². The molecule has 0 spiro atoms. The fourth-order valence-corrected chi connectivity index (χ4v) is 5.17. The molecule has 0 saturated carbocycles. The highest BCUT2D eigenvalue weighted by Crippen LogP contribution is 2.36. The van der Waals surface area contributed by atoms with Gasteiger partial charge in [-0.3, -0.25) is 14.3 Å². The number of aromatic nitrogens is 2. The highest BCUT2D eigenvalue weighted by atomic mass is 35.5. The summed E-state index contributed by atoms with van der Waals surface area (Å²) in [5.74, 6) is 0.692. The maximum atomic E-state index is 13.4. The van der Waals surface area contributed by atoms with E-state index in [4.69, 9.17) is 16.3 Å². The number of carbonyl (C=O) groups excluding carboxylic acids is 2. The molecule has 0 N–H and O–H groups in total. The van der Waals surface area contributed by atoms with Crippen LogP contribution in [0.2, 0.25) is 5.02 Å². The molecule has 1 atom stereocenters. The molecular formula is C29H35ClN4O3. The predicted octanol–water partition coefficient (Wildman–Crippen LogP) is 4.89. The van der Waals surface area contributed by atoms with Crippen LogP contribution >= 0.6 is 11.6 Å². The molecule has 1 aliphatic heterocycles. The van der Waals surface area contributed by atoms with E-state index >= 15 is 0 Å². The molecule has 1 aliphatic rings. The lowest BCUT2D eigenvalue weighted by atomic mass is 9.77. The maximum absolute atomic E-state index is 13.4. The molecule has 196 valence electrons. The van der Waals surface area contributed by atoms with E-state index in [1.54, 1.807) is 21.7 Å². The second kappa shape index (κ2) is 11.8. The zero-order valence-corrected chi connectivity index (χ0v) is 22.6. The molecule has 7 nitrogen and oxygen atoms in total. The summed E-state index contributed by atoms with van der Waals surface area (Å²) in [6, 6.07) is 19.2. The Labute approximate surface area is 224 Å². The Kier molecular flexibility index (Phi) is 8.54. The summed E-state index contributed by atoms with van der Waals surface area (Å²) in [7, 11) is 1.83. The lowest BCUT2D eigenvalue weighted by Crippen LogP contribution is -2.51. The van der Waals surface area contributed by atoms with Crippen LogP contribution in [-0.2, 0) is 22.7 Å². The number of hydrogen-bond donors (Lipinski definition) is 0. The predicted molar refractivity (Wildman–Crippen MR) is 144 cm³/mol. The van der Waals surface area contributed by atoms with Gasteiger partial charge in [0.05, 0.1) is 12.3 Å². The minimum atomic E-state index is -0.507. The van der Waals surface area contributed by atoms with Gasteiger partial charge in [0.2, 0.25) is 11.8 Å². The summed E-state index contributed by atoms with van der Waals surface area (Å²) < 4.78 is 7.93. The van der Waals surface area contributed by atoms with Crippen LogP contribution in [0.4, 0.5) is 0 Å². The van der Waals surface area contributed by atoms with Gasteiger partial charge in [-0.2, -0.15) is 5.10 Å². The molecule has 0 bridgehead atoms. The van der Waals surface area contributed by atoms with Crippen LogP contribution in [0.1, 0.15) is 36.2 Å². The average Bonchev–Trinajstić information content (AvgIpc) is 3.19. The molecule has 0 aliphatic carbocycles. The average molecular weight is 523 g/mol. The fourth-order valence-electron chi connectivity index (χ4n) is 4.99. The molecule has 3 aromatic rings. The third-order valence-corrected chi connectivity index (χ3v) is 7.19. The lowest BCUT2D eigenvalue weighted by Gasteiger charge is -2.43. The van der Waals surface area contributed by atoms with Crippen LogP contribution in [-0.4, -0.2) is 58.1 Å². The largest absolute Gasteiger partial charge is 0.493 e. The Morgan fingerprint density at radius 3 is 2.59 bits per heavy atom. The molecule has 1 saturated heterocycles. The van der Waals surface area contributed by atoms with Crippen molar-refractivity contribution >= 4 is 23.4 Å². The smallest absolute Gasteiger partial charge is 0.244 e. The zero-order chi connectivity index (χ0) is 26.4. The van der Waals surface area contributed by atoms with Crippen LogP contribution < -0.4 is 4.74 Å². The first kappa shape index (κ1) is 26.7. The molecule has 1 fully saturated rings. The van der Waals surface area contributed by atoms with E-state index in [-0.39, 0.29) is 18.4 Å². The highest BCUT2D eigenvalue weighted by molar-refractivity contribution is 6.30. The normalized spacial score (nSPS) is 17.5. The Morgan fingerprint density at radius 1 is 1.11 bits per heavy atom. The minimum Gasteiger partial charge on any atom is -0.493 e. The van der Waals surface area contributed by atoms with Gasteiger partial charge in [-0.15, -0.1) is 0 Å². The van der Waals surface area contributed by atoms with E-state index in [1.807, 2.05) is 74.3 Å². The third kappa shape index (κ3) is 7.13. The molecule has 2 amide bonds. The number of halogens is 1. The molecule has 2 aromatic carbocycles. The SMILES string of the molecule is Cc1cc(C)n(CC(=O)N2CCCC(COc3cccc(Cl)c3)(CC(=O)N(C)Cc3ccccc3)C2)n1. The molecule has 4 rings (SSSR count). The third-order valence-electron chi connectivity index (χ3n) is 6.96. The standard InChI is InChI=1S/C29H35ClN4O3/c1-22-15-23(2)34(31-22)19-28(36)33-14-8-13-29(20-33,21-37-26-12-7-11-25(30)16-26)17-27(35)32(3)18-24-9-5-4-6-10-24/h4-7,9-12,15-16H,8,13-14,17-21H2,1-3H3. The van der Waals surface area contributed by atoms with Gasteiger partial charge in [0.15, 0.2) is 0 Å². The van der Waals surface area contributed by atoms with Crippen molar-refractivity contribution in [1.82, 2.24) is 19.6 Å². The summed E-state index contributed by atoms with van der Waals surface area (Å²) in [6.45, 7) is 6.03. The summed E-state index contributed by atoms with van der Waals surface area (Å²) in [5.41, 5.74) is 2.41. The monoisotopic (exact) mass is 522 g/mol. The number of nitrogens with zero attached hydrogens (tertiary/aromatic N) is 4. The first-order valence-corrected chi connectivity index (χ1v) is 13.1. The molecule has 37 heavy (non-hydrogen) atoms. The molecule has 0 radical (unpaired) electrons. The van der Waals surface area contributed by atoms with Crippen molar-refractivity contribution in [1.29, 1.82) is 0 Å². The number of piperidine rings is 1. The second-order valence-electron chi connectivity index (χ2n) is 10.2. The Hall–Kier alpha value is -3.32. The first-order valence-electron chi connectivity index (χ1n) is 12.7. The van der Waals surface area contributed by atoms with Gasteiger partial charge >= 0.3 is 0 Å². The van der Waals surface area contributed by atoms with Crippen molar-refractivity contribution in [3.8, 4) is 5.75 Å². The lowest BCUT2D eigenvalue weighted by molar-refractivity contribution is -0.141. The van der Waals surface area contributed by atoms with Crippen LogP contribution in [0.3, 0.4) is 0 Å². The molecule has 8 heteroatoms. The number of amides is 2. The van der Waals surface area contributed by atoms with Crippen molar-refractivity contribution in [2.24, 2.45) is 5.41 Å². The van der Waals surface area contributed by atoms with Gasteiger partial charge < -0.3 is 14.5 Å². The van der Waals surface area contributed by atoms with E-state index in [0.717, 1.165) is 29.8 Å². The van der Waals surface area contributed by atoms with Crippen molar-refractivity contribution < 1.29 is 14.3 Å². The van der Waals surface area contributed by atoms with Gasteiger partial charge in [0, 0.05) is 49.2 Å². The van der Waals surface area contributed by atoms with Crippen LogP contribution in [0.25, 0.3) is 0 Å². The molecular weight excluding hydrogens is 488 g/mol. The van der Waals surface area contributed by atoms with Gasteiger partial charge in [-0.1, -0.05) is 48.0 Å². The number of carbonyl (C=O) groups is 2. The van der Waals surface area contributed by atoms with Crippen LogP contribution in [0.15, 0.2) is 60.7 Å². The number of benzene rings is 2. The van der Waals surface area contributed by atoms with E-state index in [1.165, 1.54) is 0 Å². The number of rotatable bonds is 9. The molecule has 1 unspecified atom stereocenters. The van der Waals surface area contributed by atoms with E-state index < -0.39 is 5.41 Å². The quantitative estimate of drug-likeness (QED) is 0.401. The van der Waals surface area contributed by atoms with Gasteiger partial charge in [0.1, 0.15) is 12.3 Å². The van der Waals surface area contributed by atoms with Crippen LogP contribution in [0, 0.1) is 19.3 Å². The second-order valence-corrected chi connectivity index (χ2v) is 10.6. The summed E-state index contributed by atoms with van der Waals surface area (Å²) in [5, 5.41) is 5.04. The highest BCUT2D eigenvalue weighted by Gasteiger charge is 2.40. The molecule has 2 heterocycles.